The molecule has 2 aromatic carbocycles. The van der Waals surface area contributed by atoms with E-state index in [1.54, 1.807) is 18.2 Å². The standard InChI is InChI=1S/C17H15F4O4S2/c18-14-7-8-15(10-14)26(22,23)16(27(24,25)17(19,20)21)13-6-5-11-3-1-2-4-12(11)9-13/h1-6,9,14-15H,7-8,10H2/q-1. The van der Waals surface area contributed by atoms with Crippen molar-refractivity contribution in [2.24, 2.45) is 0 Å². The van der Waals surface area contributed by atoms with E-state index >= 15 is 0 Å². The van der Waals surface area contributed by atoms with Gasteiger partial charge in [-0.1, -0.05) is 29.7 Å². The Morgan fingerprint density at radius 1 is 0.926 bits per heavy atom. The van der Waals surface area contributed by atoms with Gasteiger partial charge < -0.3 is 0 Å². The Labute approximate surface area is 154 Å². The average Bonchev–Trinajstić information content (AvgIpc) is 3.01. The molecular weight excluding hydrogens is 408 g/mol. The summed E-state index contributed by atoms with van der Waals surface area (Å²) in [6.07, 6.45) is -2.38. The van der Waals surface area contributed by atoms with Crippen LogP contribution in [0, 0.1) is 4.58 Å². The molecule has 10 heteroatoms. The fourth-order valence-electron chi connectivity index (χ4n) is 3.21. The van der Waals surface area contributed by atoms with E-state index in [9.17, 15) is 34.4 Å². The third kappa shape index (κ3) is 3.52. The molecule has 0 radical (unpaired) electrons. The highest BCUT2D eigenvalue weighted by Crippen LogP contribution is 2.43. The molecule has 0 bridgehead atoms. The maximum absolute atomic E-state index is 13.5. The molecule has 4 nitrogen and oxygen atoms in total. The van der Waals surface area contributed by atoms with Gasteiger partial charge in [0.1, 0.15) is 16.0 Å². The fraction of sp³-hybridized carbons (Fsp3) is 0.353. The Morgan fingerprint density at radius 3 is 2.11 bits per heavy atom. The van der Waals surface area contributed by atoms with Crippen LogP contribution < -0.4 is 0 Å². The lowest BCUT2D eigenvalue weighted by Crippen LogP contribution is -2.38. The molecule has 2 unspecified atom stereocenters. The minimum Gasteiger partial charge on any atom is -0.247 e. The molecule has 0 saturated heterocycles. The number of halogens is 4. The Hall–Kier alpha value is -1.81. The molecule has 0 aromatic heterocycles. The van der Waals surface area contributed by atoms with Gasteiger partial charge in [-0.3, -0.25) is 0 Å². The van der Waals surface area contributed by atoms with Gasteiger partial charge in [0.05, 0.1) is 9.83 Å². The molecule has 0 amide bonds. The number of rotatable bonds is 4. The van der Waals surface area contributed by atoms with Gasteiger partial charge in [-0.05, 0) is 24.6 Å². The van der Waals surface area contributed by atoms with Crippen molar-refractivity contribution in [3.63, 3.8) is 0 Å². The number of hydrogen-bond acceptors (Lipinski definition) is 4. The van der Waals surface area contributed by atoms with Crippen molar-refractivity contribution >= 4 is 30.4 Å². The van der Waals surface area contributed by atoms with E-state index < -0.39 is 53.2 Å². The smallest absolute Gasteiger partial charge is 0.247 e. The summed E-state index contributed by atoms with van der Waals surface area (Å²) < 4.78 is 101. The minimum absolute atomic E-state index is 0.138. The summed E-state index contributed by atoms with van der Waals surface area (Å²) in [6.45, 7) is 0. The van der Waals surface area contributed by atoms with Crippen LogP contribution in [0.1, 0.15) is 24.8 Å². The van der Waals surface area contributed by atoms with E-state index in [-0.39, 0.29) is 12.8 Å². The second kappa shape index (κ2) is 6.66. The number of hydrogen-bond donors (Lipinski definition) is 0. The monoisotopic (exact) mass is 423 g/mol. The third-order valence-corrected chi connectivity index (χ3v) is 9.30. The normalized spacial score (nSPS) is 21.5. The van der Waals surface area contributed by atoms with Crippen LogP contribution in [-0.2, 0) is 19.7 Å². The topological polar surface area (TPSA) is 68.3 Å². The molecule has 1 saturated carbocycles. The Bertz CT molecular complexity index is 1060. The summed E-state index contributed by atoms with van der Waals surface area (Å²) in [5.74, 6) is 0. The number of benzene rings is 2. The van der Waals surface area contributed by atoms with Gasteiger partial charge in [0.2, 0.25) is 9.84 Å². The van der Waals surface area contributed by atoms with Gasteiger partial charge in [0.15, 0.2) is 0 Å². The first-order valence-corrected chi connectivity index (χ1v) is 11.0. The average molecular weight is 423 g/mol. The van der Waals surface area contributed by atoms with Crippen LogP contribution in [0.2, 0.25) is 0 Å². The van der Waals surface area contributed by atoms with Crippen LogP contribution in [0.4, 0.5) is 17.6 Å². The maximum Gasteiger partial charge on any atom is 0.491 e. The molecular formula is C17H15F4O4S2-. The molecule has 0 heterocycles. The lowest BCUT2D eigenvalue weighted by molar-refractivity contribution is -0.0429. The minimum atomic E-state index is -6.17. The fourth-order valence-corrected chi connectivity index (χ4v) is 7.44. The van der Waals surface area contributed by atoms with Crippen LogP contribution in [0.25, 0.3) is 10.8 Å². The lowest BCUT2D eigenvalue weighted by Gasteiger charge is -2.29. The highest BCUT2D eigenvalue weighted by molar-refractivity contribution is 8.13. The van der Waals surface area contributed by atoms with E-state index in [1.807, 2.05) is 0 Å². The highest BCUT2D eigenvalue weighted by Gasteiger charge is 2.54. The zero-order valence-corrected chi connectivity index (χ0v) is 15.4. The van der Waals surface area contributed by atoms with Gasteiger partial charge in [-0.2, -0.15) is 30.9 Å². The molecule has 2 atom stereocenters. The summed E-state index contributed by atoms with van der Waals surface area (Å²) >= 11 is 0. The number of sulfone groups is 2. The Morgan fingerprint density at radius 2 is 1.56 bits per heavy atom. The van der Waals surface area contributed by atoms with E-state index in [4.69, 9.17) is 0 Å². The van der Waals surface area contributed by atoms with E-state index in [1.165, 1.54) is 12.1 Å². The summed E-state index contributed by atoms with van der Waals surface area (Å²) in [5, 5.41) is -0.520. The number of fused-ring (bicyclic) bond motifs is 1. The first kappa shape index (κ1) is 19.9. The maximum atomic E-state index is 13.5. The largest absolute Gasteiger partial charge is 0.491 e. The summed E-state index contributed by atoms with van der Waals surface area (Å²) in [4.78, 5) is 0. The summed E-state index contributed by atoms with van der Waals surface area (Å²) in [7, 11) is -11.1. The summed E-state index contributed by atoms with van der Waals surface area (Å²) in [5.41, 5.74) is -6.37. The zero-order valence-electron chi connectivity index (χ0n) is 13.8. The molecule has 3 rings (SSSR count). The van der Waals surface area contributed by atoms with E-state index in [0.29, 0.717) is 10.8 Å². The molecule has 2 aromatic rings. The van der Waals surface area contributed by atoms with E-state index in [2.05, 4.69) is 0 Å². The molecule has 1 fully saturated rings. The second-order valence-corrected chi connectivity index (χ2v) is 10.7. The summed E-state index contributed by atoms with van der Waals surface area (Å²) in [6, 6.07) is 9.90. The van der Waals surface area contributed by atoms with E-state index in [0.717, 1.165) is 12.1 Å². The van der Waals surface area contributed by atoms with Crippen molar-refractivity contribution < 1.29 is 34.4 Å². The first-order chi connectivity index (χ1) is 12.4. The molecule has 27 heavy (non-hydrogen) atoms. The molecule has 0 aliphatic heterocycles. The van der Waals surface area contributed by atoms with Crippen molar-refractivity contribution in [1.29, 1.82) is 0 Å². The van der Waals surface area contributed by atoms with Crippen molar-refractivity contribution in [2.45, 2.75) is 36.2 Å². The lowest BCUT2D eigenvalue weighted by atomic mass is 10.1. The molecule has 0 spiro atoms. The quantitative estimate of drug-likeness (QED) is 0.552. The van der Waals surface area contributed by atoms with Crippen molar-refractivity contribution in [3.05, 3.63) is 52.6 Å². The first-order valence-electron chi connectivity index (χ1n) is 8.00. The SMILES string of the molecule is O=S(=O)([C-](c1ccc2ccccc2c1)S(=O)(=O)C(F)(F)F)C1CCC(F)C1. The van der Waals surface area contributed by atoms with Crippen LogP contribution in [0.5, 0.6) is 0 Å². The number of alkyl halides is 4. The van der Waals surface area contributed by atoms with Crippen LogP contribution >= 0.6 is 0 Å². The zero-order chi connectivity index (χ0) is 20.0. The van der Waals surface area contributed by atoms with Crippen molar-refractivity contribution in [3.8, 4) is 0 Å². The van der Waals surface area contributed by atoms with Gasteiger partial charge in [-0.25, -0.2) is 21.2 Å². The van der Waals surface area contributed by atoms with Gasteiger partial charge in [-0.15, -0.1) is 6.07 Å². The van der Waals surface area contributed by atoms with Crippen LogP contribution in [-0.4, -0.2) is 33.8 Å². The molecule has 1 aliphatic rings. The third-order valence-electron chi connectivity index (χ3n) is 4.55. The van der Waals surface area contributed by atoms with Gasteiger partial charge >= 0.3 is 5.51 Å². The molecule has 148 valence electrons. The van der Waals surface area contributed by atoms with Gasteiger partial charge in [0.25, 0.3) is 0 Å². The Balaban J connectivity index is 2.21. The van der Waals surface area contributed by atoms with Crippen molar-refractivity contribution in [1.82, 2.24) is 0 Å². The molecule has 1 aliphatic carbocycles. The van der Waals surface area contributed by atoms with Crippen molar-refractivity contribution in [2.75, 3.05) is 0 Å². The predicted molar refractivity (Wildman–Crippen MR) is 92.7 cm³/mol. The highest BCUT2D eigenvalue weighted by atomic mass is 32.3. The molecule has 0 N–H and O–H groups in total. The van der Waals surface area contributed by atoms with Gasteiger partial charge in [0, 0.05) is 0 Å². The van der Waals surface area contributed by atoms with Crippen LogP contribution in [0.3, 0.4) is 0 Å². The Kier molecular flexibility index (Phi) is 4.92. The predicted octanol–water partition coefficient (Wildman–Crippen LogP) is 3.92. The van der Waals surface area contributed by atoms with Crippen LogP contribution in [0.15, 0.2) is 42.5 Å². The second-order valence-electron chi connectivity index (χ2n) is 6.38.